The number of anilines is 1. The molecule has 0 aliphatic carbocycles. The second-order valence-electron chi connectivity index (χ2n) is 7.35. The number of rotatable bonds is 5. The second-order valence-corrected chi connectivity index (χ2v) is 8.07. The molecule has 26 heavy (non-hydrogen) atoms. The van der Waals surface area contributed by atoms with Crippen molar-refractivity contribution >= 4 is 23.2 Å². The molecule has 5 heterocycles. The molecule has 2 bridgehead atoms. The van der Waals surface area contributed by atoms with Crippen LogP contribution in [0.25, 0.3) is 0 Å². The van der Waals surface area contributed by atoms with Crippen molar-refractivity contribution in [2.45, 2.75) is 32.0 Å². The van der Waals surface area contributed by atoms with Gasteiger partial charge in [-0.15, -0.1) is 11.3 Å². The lowest BCUT2D eigenvalue weighted by atomic mass is 9.94. The van der Waals surface area contributed by atoms with Gasteiger partial charge in [-0.3, -0.25) is 9.69 Å². The standard InChI is InChI=1S/C18H24N6OS/c1-22(2)18-19-5-13(6-20-18)7-23-8-14-3-4-16(10-23)24(17(14)25)9-15-11-26-12-21-15/h5-6,11-12,14,16H,3-4,7-10H2,1-2H3/t14-,16+/m0/s1. The Morgan fingerprint density at radius 3 is 2.65 bits per heavy atom. The van der Waals surface area contributed by atoms with E-state index in [2.05, 4.69) is 24.8 Å². The second kappa shape index (κ2) is 7.28. The number of carbonyl (C=O) groups excluding carboxylic acids is 1. The van der Waals surface area contributed by atoms with Crippen molar-refractivity contribution in [3.63, 3.8) is 0 Å². The van der Waals surface area contributed by atoms with Crippen molar-refractivity contribution in [3.8, 4) is 0 Å². The number of nitrogens with zero attached hydrogens (tertiary/aromatic N) is 6. The van der Waals surface area contributed by atoms with Crippen LogP contribution in [0.1, 0.15) is 24.1 Å². The molecule has 2 aromatic rings. The largest absolute Gasteiger partial charge is 0.347 e. The predicted molar refractivity (Wildman–Crippen MR) is 101 cm³/mol. The van der Waals surface area contributed by atoms with E-state index in [1.54, 1.807) is 11.3 Å². The zero-order valence-electron chi connectivity index (χ0n) is 15.2. The Kier molecular flexibility index (Phi) is 4.86. The van der Waals surface area contributed by atoms with Gasteiger partial charge in [0.2, 0.25) is 11.9 Å². The van der Waals surface area contributed by atoms with E-state index in [-0.39, 0.29) is 17.9 Å². The molecule has 2 atom stereocenters. The average Bonchev–Trinajstić information content (AvgIpc) is 3.01. The topological polar surface area (TPSA) is 65.5 Å². The molecule has 7 nitrogen and oxygen atoms in total. The molecule has 3 saturated heterocycles. The third-order valence-electron chi connectivity index (χ3n) is 5.18. The number of carbonyl (C=O) groups is 1. The number of fused-ring (bicyclic) bond motifs is 4. The maximum absolute atomic E-state index is 12.9. The first-order valence-electron chi connectivity index (χ1n) is 8.98. The first-order valence-corrected chi connectivity index (χ1v) is 9.92. The first kappa shape index (κ1) is 17.4. The summed E-state index contributed by atoms with van der Waals surface area (Å²) in [5.41, 5.74) is 3.92. The molecule has 3 fully saturated rings. The smallest absolute Gasteiger partial charge is 0.227 e. The number of aromatic nitrogens is 3. The Bertz CT molecular complexity index is 748. The van der Waals surface area contributed by atoms with E-state index in [9.17, 15) is 4.79 Å². The predicted octanol–water partition coefficient (Wildman–Crippen LogP) is 1.62. The Balaban J connectivity index is 1.46. The van der Waals surface area contributed by atoms with Gasteiger partial charge in [-0.2, -0.15) is 0 Å². The summed E-state index contributed by atoms with van der Waals surface area (Å²) >= 11 is 1.58. The summed E-state index contributed by atoms with van der Waals surface area (Å²) in [5.74, 6) is 1.10. The molecule has 0 saturated carbocycles. The molecule has 3 aliphatic rings. The Morgan fingerprint density at radius 2 is 1.96 bits per heavy atom. The van der Waals surface area contributed by atoms with Gasteiger partial charge in [-0.25, -0.2) is 15.0 Å². The summed E-state index contributed by atoms with van der Waals surface area (Å²) in [4.78, 5) is 32.4. The van der Waals surface area contributed by atoms with Gasteiger partial charge in [0.05, 0.1) is 23.7 Å². The van der Waals surface area contributed by atoms with Crippen molar-refractivity contribution in [1.82, 2.24) is 24.8 Å². The summed E-state index contributed by atoms with van der Waals surface area (Å²) in [6.07, 6.45) is 5.85. The highest BCUT2D eigenvalue weighted by molar-refractivity contribution is 7.07. The Hall–Kier alpha value is -2.06. The lowest BCUT2D eigenvalue weighted by Gasteiger charge is -2.35. The summed E-state index contributed by atoms with van der Waals surface area (Å²) in [5, 5.41) is 2.03. The van der Waals surface area contributed by atoms with Crippen molar-refractivity contribution in [1.29, 1.82) is 0 Å². The van der Waals surface area contributed by atoms with Crippen LogP contribution in [0, 0.1) is 5.92 Å². The monoisotopic (exact) mass is 372 g/mol. The summed E-state index contributed by atoms with van der Waals surface area (Å²) in [7, 11) is 3.87. The van der Waals surface area contributed by atoms with Crippen molar-refractivity contribution in [2.24, 2.45) is 5.92 Å². The number of amides is 1. The van der Waals surface area contributed by atoms with E-state index in [1.165, 1.54) is 0 Å². The average molecular weight is 372 g/mol. The van der Waals surface area contributed by atoms with E-state index in [0.717, 1.165) is 43.7 Å². The van der Waals surface area contributed by atoms with Crippen LogP contribution in [0.3, 0.4) is 0 Å². The van der Waals surface area contributed by atoms with Crippen LogP contribution in [0.15, 0.2) is 23.3 Å². The minimum absolute atomic E-state index is 0.0920. The van der Waals surface area contributed by atoms with Crippen LogP contribution in [0.2, 0.25) is 0 Å². The molecule has 138 valence electrons. The zero-order valence-corrected chi connectivity index (χ0v) is 16.0. The molecule has 8 heteroatoms. The van der Waals surface area contributed by atoms with E-state index in [4.69, 9.17) is 0 Å². The van der Waals surface area contributed by atoms with Crippen molar-refractivity contribution in [3.05, 3.63) is 34.5 Å². The molecular weight excluding hydrogens is 348 g/mol. The highest BCUT2D eigenvalue weighted by Crippen LogP contribution is 2.31. The summed E-state index contributed by atoms with van der Waals surface area (Å²) in [6.45, 7) is 3.15. The maximum Gasteiger partial charge on any atom is 0.227 e. The van der Waals surface area contributed by atoms with Gasteiger partial charge in [0.15, 0.2) is 0 Å². The fourth-order valence-electron chi connectivity index (χ4n) is 3.88. The Morgan fingerprint density at radius 1 is 1.15 bits per heavy atom. The van der Waals surface area contributed by atoms with E-state index < -0.39 is 0 Å². The SMILES string of the molecule is CN(C)c1ncc(CN2C[C@@H]3CC[C@H](C2)N(Cc2cscn2)C3=O)cn1. The van der Waals surface area contributed by atoms with Gasteiger partial charge in [0.1, 0.15) is 0 Å². The Labute approximate surface area is 157 Å². The fourth-order valence-corrected chi connectivity index (χ4v) is 4.43. The van der Waals surface area contributed by atoms with Crippen LogP contribution >= 0.6 is 11.3 Å². The molecule has 5 rings (SSSR count). The van der Waals surface area contributed by atoms with Gasteiger partial charge in [-0.1, -0.05) is 0 Å². The normalized spacial score (nSPS) is 23.3. The van der Waals surface area contributed by atoms with Gasteiger partial charge < -0.3 is 9.80 Å². The highest BCUT2D eigenvalue weighted by Gasteiger charge is 2.40. The first-order chi connectivity index (χ1) is 12.6. The highest BCUT2D eigenvalue weighted by atomic mass is 32.1. The minimum Gasteiger partial charge on any atom is -0.347 e. The van der Waals surface area contributed by atoms with Crippen molar-refractivity contribution in [2.75, 3.05) is 32.1 Å². The minimum atomic E-state index is 0.0920. The summed E-state index contributed by atoms with van der Waals surface area (Å²) < 4.78 is 0. The van der Waals surface area contributed by atoms with Crippen LogP contribution in [-0.2, 0) is 17.9 Å². The maximum atomic E-state index is 12.9. The molecule has 0 spiro atoms. The van der Waals surface area contributed by atoms with E-state index in [1.807, 2.05) is 42.3 Å². The molecular formula is C18H24N6OS. The number of hydrogen-bond donors (Lipinski definition) is 0. The third kappa shape index (κ3) is 3.57. The van der Waals surface area contributed by atoms with Crippen molar-refractivity contribution < 1.29 is 4.79 Å². The van der Waals surface area contributed by atoms with Gasteiger partial charge in [-0.05, 0) is 12.8 Å². The molecule has 1 amide bonds. The van der Waals surface area contributed by atoms with E-state index >= 15 is 0 Å². The van der Waals surface area contributed by atoms with Crippen LogP contribution in [-0.4, -0.2) is 63.9 Å². The van der Waals surface area contributed by atoms with Gasteiger partial charge >= 0.3 is 0 Å². The van der Waals surface area contributed by atoms with E-state index in [0.29, 0.717) is 12.5 Å². The summed E-state index contributed by atoms with van der Waals surface area (Å²) in [6, 6.07) is 0.268. The van der Waals surface area contributed by atoms with Gasteiger partial charge in [0, 0.05) is 63.1 Å². The molecule has 0 aromatic carbocycles. The molecule has 3 aliphatic heterocycles. The third-order valence-corrected chi connectivity index (χ3v) is 5.82. The number of hydrogen-bond acceptors (Lipinski definition) is 7. The lowest BCUT2D eigenvalue weighted by molar-refractivity contribution is -0.140. The lowest BCUT2D eigenvalue weighted by Crippen LogP contribution is -2.47. The quantitative estimate of drug-likeness (QED) is 0.795. The van der Waals surface area contributed by atoms with Crippen LogP contribution in [0.5, 0.6) is 0 Å². The van der Waals surface area contributed by atoms with Crippen LogP contribution < -0.4 is 4.90 Å². The van der Waals surface area contributed by atoms with Gasteiger partial charge in [0.25, 0.3) is 0 Å². The molecule has 2 aromatic heterocycles. The number of piperidine rings is 1. The van der Waals surface area contributed by atoms with Crippen LogP contribution in [0.4, 0.5) is 5.95 Å². The molecule has 0 unspecified atom stereocenters. The molecule has 0 N–H and O–H groups in total. The fraction of sp³-hybridized carbons (Fsp3) is 0.556. The zero-order chi connectivity index (χ0) is 18.1. The number of thiazole rings is 1. The molecule has 0 radical (unpaired) electrons.